The zero-order chi connectivity index (χ0) is 20.1. The van der Waals surface area contributed by atoms with E-state index in [0.29, 0.717) is 30.8 Å². The molecule has 0 spiro atoms. The van der Waals surface area contributed by atoms with Crippen molar-refractivity contribution in [1.29, 1.82) is 0 Å². The molecular weight excluding hydrogens is 364 g/mol. The number of fused-ring (bicyclic) bond motifs is 1. The van der Waals surface area contributed by atoms with E-state index in [1.165, 1.54) is 17.1 Å². The number of pyridine rings is 1. The van der Waals surface area contributed by atoms with Crippen LogP contribution in [0.4, 0.5) is 4.79 Å². The number of hydrogen-bond acceptors (Lipinski definition) is 6. The van der Waals surface area contributed by atoms with E-state index in [4.69, 9.17) is 9.47 Å². The number of carbonyl (C=O) groups excluding carboxylic acids is 3. The third kappa shape index (κ3) is 3.98. The van der Waals surface area contributed by atoms with Gasteiger partial charge in [-0.15, -0.1) is 0 Å². The molecule has 9 heteroatoms. The summed E-state index contributed by atoms with van der Waals surface area (Å²) in [6.45, 7) is 2.41. The fourth-order valence-electron chi connectivity index (χ4n) is 3.04. The van der Waals surface area contributed by atoms with Crippen LogP contribution in [0.3, 0.4) is 0 Å². The largest absolute Gasteiger partial charge is 0.496 e. The van der Waals surface area contributed by atoms with Crippen molar-refractivity contribution in [3.63, 3.8) is 0 Å². The number of benzene rings is 1. The molecule has 148 valence electrons. The summed E-state index contributed by atoms with van der Waals surface area (Å²) in [5.41, 5.74) is 0.809. The van der Waals surface area contributed by atoms with Crippen LogP contribution < -0.4 is 10.1 Å². The van der Waals surface area contributed by atoms with Crippen molar-refractivity contribution in [2.24, 2.45) is 0 Å². The fraction of sp³-hybridized carbons (Fsp3) is 0.368. The number of para-hydroxylation sites is 1. The maximum Gasteiger partial charge on any atom is 0.336 e. The minimum Gasteiger partial charge on any atom is -0.496 e. The number of carbonyl (C=O) groups is 3. The maximum absolute atomic E-state index is 13.0. The normalized spacial score (nSPS) is 13.5. The average molecular weight is 386 g/mol. The lowest BCUT2D eigenvalue weighted by molar-refractivity contribution is -0.141. The summed E-state index contributed by atoms with van der Waals surface area (Å²) in [5, 5.41) is 5.88. The topological polar surface area (TPSA) is 101 Å². The lowest BCUT2D eigenvalue weighted by Gasteiger charge is -2.27. The lowest BCUT2D eigenvalue weighted by atomic mass is 10.1. The first-order chi connectivity index (χ1) is 13.5. The molecule has 0 radical (unpaired) electrons. The Balaban J connectivity index is 1.78. The van der Waals surface area contributed by atoms with Crippen molar-refractivity contribution in [1.82, 2.24) is 20.3 Å². The number of hydrazine groups is 1. The third-order valence-electron chi connectivity index (χ3n) is 4.31. The van der Waals surface area contributed by atoms with Crippen molar-refractivity contribution in [3.05, 3.63) is 36.0 Å². The first kappa shape index (κ1) is 19.4. The van der Waals surface area contributed by atoms with Crippen LogP contribution in [0.25, 0.3) is 10.9 Å². The number of nitrogens with one attached hydrogen (secondary N) is 1. The zero-order valence-electron chi connectivity index (χ0n) is 15.8. The Labute approximate surface area is 162 Å². The second-order valence-electron chi connectivity index (χ2n) is 6.10. The minimum atomic E-state index is -0.536. The van der Waals surface area contributed by atoms with Gasteiger partial charge in [-0.05, 0) is 25.5 Å². The van der Waals surface area contributed by atoms with Gasteiger partial charge in [0.15, 0.2) is 0 Å². The number of amides is 3. The van der Waals surface area contributed by atoms with E-state index in [1.807, 2.05) is 18.2 Å². The van der Waals surface area contributed by atoms with E-state index in [-0.39, 0.29) is 18.8 Å². The molecule has 28 heavy (non-hydrogen) atoms. The molecule has 1 aliphatic rings. The van der Waals surface area contributed by atoms with Gasteiger partial charge in [-0.2, -0.15) is 0 Å². The van der Waals surface area contributed by atoms with Crippen LogP contribution in [-0.2, 0) is 9.53 Å². The number of methoxy groups -OCH3 is 1. The molecule has 1 N–H and O–H groups in total. The first-order valence-electron chi connectivity index (χ1n) is 9.01. The van der Waals surface area contributed by atoms with Gasteiger partial charge in [-0.3, -0.25) is 9.59 Å². The molecular formula is C19H22N4O5. The number of aromatic nitrogens is 1. The van der Waals surface area contributed by atoms with E-state index in [9.17, 15) is 14.4 Å². The molecule has 0 aliphatic carbocycles. The number of hydrogen-bond donors (Lipinski definition) is 1. The molecule has 0 bridgehead atoms. The molecule has 2 heterocycles. The number of ether oxygens (including phenoxy) is 2. The van der Waals surface area contributed by atoms with Crippen molar-refractivity contribution in [3.8, 4) is 5.75 Å². The molecule has 0 saturated carbocycles. The maximum atomic E-state index is 13.0. The predicted molar refractivity (Wildman–Crippen MR) is 101 cm³/mol. The van der Waals surface area contributed by atoms with Crippen molar-refractivity contribution in [2.45, 2.75) is 13.3 Å². The lowest BCUT2D eigenvalue weighted by Crippen LogP contribution is -2.50. The highest BCUT2D eigenvalue weighted by atomic mass is 16.5. The first-order valence-corrected chi connectivity index (χ1v) is 9.01. The van der Waals surface area contributed by atoms with E-state index in [0.717, 1.165) is 5.39 Å². The smallest absolute Gasteiger partial charge is 0.336 e. The van der Waals surface area contributed by atoms with E-state index in [1.54, 1.807) is 19.1 Å². The predicted octanol–water partition coefficient (Wildman–Crippen LogP) is 1.58. The standard InChI is InChI=1S/C19H22N4O5/c1-3-28-17(24)12-20-19(26)23-10-6-9-22(23)18(25)15-11-16(27-2)13-7-4-5-8-14(13)21-15/h4-5,7-8,11H,3,6,9-10,12H2,1-2H3,(H,20,26). The number of rotatable bonds is 5. The van der Waals surface area contributed by atoms with Gasteiger partial charge in [-0.25, -0.2) is 19.8 Å². The van der Waals surface area contributed by atoms with Gasteiger partial charge >= 0.3 is 12.0 Å². The van der Waals surface area contributed by atoms with E-state index in [2.05, 4.69) is 10.3 Å². The molecule has 0 unspecified atom stereocenters. The molecule has 1 fully saturated rings. The Morgan fingerprint density at radius 1 is 1.18 bits per heavy atom. The molecule has 1 aromatic carbocycles. The van der Waals surface area contributed by atoms with Gasteiger partial charge in [0.25, 0.3) is 5.91 Å². The summed E-state index contributed by atoms with van der Waals surface area (Å²) in [4.78, 5) is 41.3. The van der Waals surface area contributed by atoms with Crippen LogP contribution in [0.15, 0.2) is 30.3 Å². The van der Waals surface area contributed by atoms with E-state index < -0.39 is 17.9 Å². The highest BCUT2D eigenvalue weighted by Crippen LogP contribution is 2.26. The molecule has 9 nitrogen and oxygen atoms in total. The summed E-state index contributed by atoms with van der Waals surface area (Å²) in [7, 11) is 1.53. The molecule has 1 aliphatic heterocycles. The van der Waals surface area contributed by atoms with Crippen LogP contribution in [-0.4, -0.2) is 66.3 Å². The molecule has 3 rings (SSSR count). The van der Waals surface area contributed by atoms with Gasteiger partial charge in [-0.1, -0.05) is 12.1 Å². The van der Waals surface area contributed by atoms with Crippen molar-refractivity contribution < 1.29 is 23.9 Å². The second-order valence-corrected chi connectivity index (χ2v) is 6.10. The number of nitrogens with zero attached hydrogens (tertiary/aromatic N) is 3. The second kappa shape index (κ2) is 8.55. The quantitative estimate of drug-likeness (QED) is 0.783. The average Bonchev–Trinajstić information content (AvgIpc) is 3.20. The Morgan fingerprint density at radius 3 is 2.68 bits per heavy atom. The Hall–Kier alpha value is -3.36. The summed E-state index contributed by atoms with van der Waals surface area (Å²) in [6, 6.07) is 8.38. The van der Waals surface area contributed by atoms with Crippen molar-refractivity contribution >= 4 is 28.8 Å². The van der Waals surface area contributed by atoms with Crippen LogP contribution in [0.1, 0.15) is 23.8 Å². The van der Waals surface area contributed by atoms with Gasteiger partial charge in [0.1, 0.15) is 18.0 Å². The molecule has 1 aromatic heterocycles. The van der Waals surface area contributed by atoms with Gasteiger partial charge in [0.05, 0.1) is 19.2 Å². The van der Waals surface area contributed by atoms with Gasteiger partial charge in [0.2, 0.25) is 0 Å². The number of esters is 1. The van der Waals surface area contributed by atoms with Gasteiger partial charge < -0.3 is 14.8 Å². The third-order valence-corrected chi connectivity index (χ3v) is 4.31. The Bertz CT molecular complexity index is 901. The summed E-state index contributed by atoms with van der Waals surface area (Å²) < 4.78 is 10.2. The summed E-state index contributed by atoms with van der Waals surface area (Å²) in [6.07, 6.45) is 0.628. The highest BCUT2D eigenvalue weighted by molar-refractivity contribution is 5.98. The molecule has 1 saturated heterocycles. The Kier molecular flexibility index (Phi) is 5.93. The monoisotopic (exact) mass is 386 g/mol. The molecule has 2 aromatic rings. The van der Waals surface area contributed by atoms with Crippen molar-refractivity contribution in [2.75, 3.05) is 33.4 Å². The van der Waals surface area contributed by atoms with Crippen LogP contribution in [0, 0.1) is 0 Å². The van der Waals surface area contributed by atoms with Crippen LogP contribution >= 0.6 is 0 Å². The van der Waals surface area contributed by atoms with Gasteiger partial charge in [0, 0.05) is 24.5 Å². The molecule has 0 atom stereocenters. The van der Waals surface area contributed by atoms with Crippen LogP contribution in [0.5, 0.6) is 5.75 Å². The SMILES string of the molecule is CCOC(=O)CNC(=O)N1CCCN1C(=O)c1cc(OC)c2ccccc2n1. The summed E-state index contributed by atoms with van der Waals surface area (Å²) in [5.74, 6) is -0.409. The molecule has 3 amide bonds. The minimum absolute atomic E-state index is 0.181. The fourth-order valence-corrected chi connectivity index (χ4v) is 3.04. The zero-order valence-corrected chi connectivity index (χ0v) is 15.8. The Morgan fingerprint density at radius 2 is 1.93 bits per heavy atom. The number of urea groups is 1. The highest BCUT2D eigenvalue weighted by Gasteiger charge is 2.32. The van der Waals surface area contributed by atoms with E-state index >= 15 is 0 Å². The van der Waals surface area contributed by atoms with Crippen LogP contribution in [0.2, 0.25) is 0 Å². The summed E-state index contributed by atoms with van der Waals surface area (Å²) >= 11 is 0.